The SMILES string of the molecule is O=C(O)CCN1CCC[C@@]2(CCCCO2)C1. The Morgan fingerprint density at radius 3 is 2.81 bits per heavy atom. The second kappa shape index (κ2) is 5.15. The van der Waals surface area contributed by atoms with Crippen molar-refractivity contribution in [1.82, 2.24) is 4.90 Å². The summed E-state index contributed by atoms with van der Waals surface area (Å²) >= 11 is 0. The summed E-state index contributed by atoms with van der Waals surface area (Å²) in [5, 5.41) is 8.69. The fourth-order valence-electron chi connectivity index (χ4n) is 2.87. The fourth-order valence-corrected chi connectivity index (χ4v) is 2.87. The van der Waals surface area contributed by atoms with E-state index in [0.29, 0.717) is 6.54 Å². The van der Waals surface area contributed by atoms with Gasteiger partial charge in [-0.15, -0.1) is 0 Å². The highest BCUT2D eigenvalue weighted by Crippen LogP contribution is 2.33. The van der Waals surface area contributed by atoms with Crippen LogP contribution in [0.2, 0.25) is 0 Å². The van der Waals surface area contributed by atoms with E-state index >= 15 is 0 Å². The van der Waals surface area contributed by atoms with Crippen LogP contribution in [0.1, 0.15) is 38.5 Å². The maximum atomic E-state index is 10.6. The Bertz CT molecular complexity index is 243. The lowest BCUT2D eigenvalue weighted by Crippen LogP contribution is -2.51. The summed E-state index contributed by atoms with van der Waals surface area (Å²) in [6, 6.07) is 0. The van der Waals surface area contributed by atoms with Gasteiger partial charge in [-0.25, -0.2) is 0 Å². The quantitative estimate of drug-likeness (QED) is 0.793. The first-order valence-corrected chi connectivity index (χ1v) is 6.28. The van der Waals surface area contributed by atoms with Crippen LogP contribution in [0.25, 0.3) is 0 Å². The standard InChI is InChI=1S/C12H21NO3/c14-11(15)4-8-13-7-3-6-12(10-13)5-1-2-9-16-12/h1-10H2,(H,14,15)/t12-/m0/s1. The van der Waals surface area contributed by atoms with Crippen molar-refractivity contribution >= 4 is 5.97 Å². The molecule has 4 nitrogen and oxygen atoms in total. The van der Waals surface area contributed by atoms with Gasteiger partial charge in [-0.3, -0.25) is 9.69 Å². The Balaban J connectivity index is 1.85. The predicted octanol–water partition coefficient (Wildman–Crippen LogP) is 1.50. The summed E-state index contributed by atoms with van der Waals surface area (Å²) < 4.78 is 5.95. The molecular formula is C12H21NO3. The van der Waals surface area contributed by atoms with Crippen LogP contribution in [-0.2, 0) is 9.53 Å². The number of hydrogen-bond donors (Lipinski definition) is 1. The van der Waals surface area contributed by atoms with Crippen molar-refractivity contribution in [3.8, 4) is 0 Å². The van der Waals surface area contributed by atoms with Crippen molar-refractivity contribution < 1.29 is 14.6 Å². The summed E-state index contributed by atoms with van der Waals surface area (Å²) in [5.41, 5.74) is 0.0506. The number of rotatable bonds is 3. The molecule has 1 atom stereocenters. The van der Waals surface area contributed by atoms with E-state index in [4.69, 9.17) is 9.84 Å². The number of piperidine rings is 1. The molecule has 2 fully saturated rings. The zero-order chi connectivity index (χ0) is 11.4. The van der Waals surface area contributed by atoms with Crippen molar-refractivity contribution in [1.29, 1.82) is 0 Å². The van der Waals surface area contributed by atoms with E-state index in [0.717, 1.165) is 39.0 Å². The Hall–Kier alpha value is -0.610. The second-order valence-electron chi connectivity index (χ2n) is 5.01. The zero-order valence-electron chi connectivity index (χ0n) is 9.78. The summed E-state index contributed by atoms with van der Waals surface area (Å²) in [7, 11) is 0. The molecule has 2 rings (SSSR count). The molecule has 0 amide bonds. The number of carbonyl (C=O) groups is 1. The molecule has 0 aromatic rings. The third kappa shape index (κ3) is 2.95. The van der Waals surface area contributed by atoms with Gasteiger partial charge in [0.25, 0.3) is 0 Å². The molecule has 0 aromatic heterocycles. The van der Waals surface area contributed by atoms with Crippen molar-refractivity contribution in [3.63, 3.8) is 0 Å². The van der Waals surface area contributed by atoms with E-state index in [1.807, 2.05) is 0 Å². The second-order valence-corrected chi connectivity index (χ2v) is 5.01. The predicted molar refractivity (Wildman–Crippen MR) is 60.5 cm³/mol. The number of hydrogen-bond acceptors (Lipinski definition) is 3. The van der Waals surface area contributed by atoms with Gasteiger partial charge >= 0.3 is 5.97 Å². The monoisotopic (exact) mass is 227 g/mol. The minimum absolute atomic E-state index is 0.0506. The summed E-state index contributed by atoms with van der Waals surface area (Å²) in [5.74, 6) is -0.704. The Labute approximate surface area is 96.6 Å². The number of carboxylic acid groups (broad SMARTS) is 1. The first-order valence-electron chi connectivity index (χ1n) is 6.28. The molecule has 92 valence electrons. The molecule has 2 aliphatic rings. The van der Waals surface area contributed by atoms with Crippen molar-refractivity contribution in [3.05, 3.63) is 0 Å². The number of nitrogens with zero attached hydrogens (tertiary/aromatic N) is 1. The van der Waals surface area contributed by atoms with Gasteiger partial charge in [-0.1, -0.05) is 0 Å². The van der Waals surface area contributed by atoms with E-state index in [1.54, 1.807) is 0 Å². The Kier molecular flexibility index (Phi) is 3.82. The van der Waals surface area contributed by atoms with Gasteiger partial charge in [0.05, 0.1) is 12.0 Å². The third-order valence-electron chi connectivity index (χ3n) is 3.70. The van der Waals surface area contributed by atoms with Crippen LogP contribution in [0.15, 0.2) is 0 Å². The van der Waals surface area contributed by atoms with Crippen LogP contribution in [0.4, 0.5) is 0 Å². The van der Waals surface area contributed by atoms with E-state index < -0.39 is 5.97 Å². The van der Waals surface area contributed by atoms with Crippen LogP contribution in [-0.4, -0.2) is 47.8 Å². The molecule has 0 aromatic carbocycles. The summed E-state index contributed by atoms with van der Waals surface area (Å²) in [6.45, 7) is 3.51. The van der Waals surface area contributed by atoms with Gasteiger partial charge < -0.3 is 9.84 Å². The van der Waals surface area contributed by atoms with Crippen LogP contribution in [0.5, 0.6) is 0 Å². The van der Waals surface area contributed by atoms with Crippen LogP contribution in [0.3, 0.4) is 0 Å². The molecule has 0 saturated carbocycles. The smallest absolute Gasteiger partial charge is 0.304 e. The number of likely N-dealkylation sites (tertiary alicyclic amines) is 1. The van der Waals surface area contributed by atoms with Gasteiger partial charge in [-0.05, 0) is 38.6 Å². The Morgan fingerprint density at radius 1 is 1.31 bits per heavy atom. The molecule has 0 bridgehead atoms. The third-order valence-corrected chi connectivity index (χ3v) is 3.70. The van der Waals surface area contributed by atoms with E-state index in [2.05, 4.69) is 4.90 Å². The maximum Gasteiger partial charge on any atom is 0.304 e. The molecule has 2 heterocycles. The molecule has 2 saturated heterocycles. The molecule has 0 unspecified atom stereocenters. The van der Waals surface area contributed by atoms with Crippen LogP contribution < -0.4 is 0 Å². The van der Waals surface area contributed by atoms with Gasteiger partial charge in [0.2, 0.25) is 0 Å². The minimum atomic E-state index is -0.704. The number of ether oxygens (including phenoxy) is 1. The van der Waals surface area contributed by atoms with Crippen molar-refractivity contribution in [2.24, 2.45) is 0 Å². The average molecular weight is 227 g/mol. The normalized spacial score (nSPS) is 31.8. The fraction of sp³-hybridized carbons (Fsp3) is 0.917. The molecule has 0 radical (unpaired) electrons. The van der Waals surface area contributed by atoms with E-state index in [1.165, 1.54) is 12.8 Å². The first-order chi connectivity index (χ1) is 7.70. The lowest BCUT2D eigenvalue weighted by Gasteiger charge is -2.44. The Morgan fingerprint density at radius 2 is 2.12 bits per heavy atom. The highest BCUT2D eigenvalue weighted by molar-refractivity contribution is 5.66. The van der Waals surface area contributed by atoms with Gasteiger partial charge in [0, 0.05) is 19.7 Å². The summed E-state index contributed by atoms with van der Waals surface area (Å²) in [6.07, 6.45) is 6.12. The van der Waals surface area contributed by atoms with E-state index in [9.17, 15) is 4.79 Å². The molecule has 4 heteroatoms. The number of carboxylic acids is 1. The molecule has 1 N–H and O–H groups in total. The molecule has 0 aliphatic carbocycles. The van der Waals surface area contributed by atoms with Gasteiger partial charge in [-0.2, -0.15) is 0 Å². The lowest BCUT2D eigenvalue weighted by atomic mass is 9.86. The zero-order valence-corrected chi connectivity index (χ0v) is 9.78. The molecule has 1 spiro atoms. The van der Waals surface area contributed by atoms with Crippen LogP contribution in [0, 0.1) is 0 Å². The minimum Gasteiger partial charge on any atom is -0.481 e. The molecule has 2 aliphatic heterocycles. The van der Waals surface area contributed by atoms with Gasteiger partial charge in [0.1, 0.15) is 0 Å². The topological polar surface area (TPSA) is 49.8 Å². The molecule has 16 heavy (non-hydrogen) atoms. The highest BCUT2D eigenvalue weighted by atomic mass is 16.5. The van der Waals surface area contributed by atoms with E-state index in [-0.39, 0.29) is 12.0 Å². The first kappa shape index (κ1) is 11.9. The average Bonchev–Trinajstić information content (AvgIpc) is 2.28. The number of aliphatic carboxylic acids is 1. The highest BCUT2D eigenvalue weighted by Gasteiger charge is 2.37. The van der Waals surface area contributed by atoms with Crippen molar-refractivity contribution in [2.45, 2.75) is 44.1 Å². The van der Waals surface area contributed by atoms with Crippen LogP contribution >= 0.6 is 0 Å². The largest absolute Gasteiger partial charge is 0.481 e. The maximum absolute atomic E-state index is 10.6. The van der Waals surface area contributed by atoms with Crippen molar-refractivity contribution in [2.75, 3.05) is 26.2 Å². The molecular weight excluding hydrogens is 206 g/mol. The lowest BCUT2D eigenvalue weighted by molar-refractivity contribution is -0.139. The van der Waals surface area contributed by atoms with Gasteiger partial charge in [0.15, 0.2) is 0 Å². The summed E-state index contributed by atoms with van der Waals surface area (Å²) in [4.78, 5) is 12.8.